The van der Waals surface area contributed by atoms with E-state index in [1.54, 1.807) is 0 Å². The van der Waals surface area contributed by atoms with Crippen LogP contribution in [-0.2, 0) is 16.0 Å². The van der Waals surface area contributed by atoms with Crippen LogP contribution >= 0.6 is 0 Å². The van der Waals surface area contributed by atoms with Crippen molar-refractivity contribution in [2.45, 2.75) is 57.4 Å². The van der Waals surface area contributed by atoms with Crippen molar-refractivity contribution in [3.05, 3.63) is 71.8 Å². The van der Waals surface area contributed by atoms with Crippen LogP contribution < -0.4 is 5.32 Å². The monoisotopic (exact) mass is 392 g/mol. The molecule has 0 saturated carbocycles. The first-order valence-electron chi connectivity index (χ1n) is 10.8. The Balaban J connectivity index is 1.46. The third kappa shape index (κ3) is 6.18. The Morgan fingerprint density at radius 3 is 2.24 bits per heavy atom. The molecule has 2 aromatic carbocycles. The van der Waals surface area contributed by atoms with Gasteiger partial charge in [-0.3, -0.25) is 9.59 Å². The van der Waals surface area contributed by atoms with E-state index in [0.717, 1.165) is 50.8 Å². The Bertz CT molecular complexity index is 768. The molecule has 1 N–H and O–H groups in total. The van der Waals surface area contributed by atoms with E-state index in [-0.39, 0.29) is 23.8 Å². The number of hydrogen-bond donors (Lipinski definition) is 1. The zero-order chi connectivity index (χ0) is 20.5. The molecule has 154 valence electrons. The molecular formula is C25H32N2O2. The molecule has 0 radical (unpaired) electrons. The lowest BCUT2D eigenvalue weighted by Gasteiger charge is -2.34. The minimum atomic E-state index is -0.0572. The van der Waals surface area contributed by atoms with Crippen LogP contribution in [0.1, 0.15) is 56.1 Å². The van der Waals surface area contributed by atoms with Crippen LogP contribution in [0, 0.1) is 0 Å². The van der Waals surface area contributed by atoms with Crippen LogP contribution in [0.15, 0.2) is 60.7 Å². The molecule has 29 heavy (non-hydrogen) atoms. The van der Waals surface area contributed by atoms with Crippen LogP contribution in [0.5, 0.6) is 0 Å². The highest BCUT2D eigenvalue weighted by atomic mass is 16.2. The molecule has 1 heterocycles. The summed E-state index contributed by atoms with van der Waals surface area (Å²) in [6.07, 6.45) is 4.79. The number of amides is 2. The standard InChI is InChI=1S/C25H32N2O2/c1-2-9-23(21-12-7-4-8-13-21)25(29)27-18-16-22(17-19-27)26-24(28)15-14-20-10-5-3-6-11-20/h3-8,10-13,22-23H,2,9,14-19H2,1H3,(H,26,28)/t23-/m0/s1. The number of rotatable bonds is 8. The van der Waals surface area contributed by atoms with Gasteiger partial charge in [0.25, 0.3) is 0 Å². The second-order valence-electron chi connectivity index (χ2n) is 7.90. The van der Waals surface area contributed by atoms with Gasteiger partial charge in [0.05, 0.1) is 5.92 Å². The first-order valence-corrected chi connectivity index (χ1v) is 10.8. The number of likely N-dealkylation sites (tertiary alicyclic amines) is 1. The third-order valence-electron chi connectivity index (χ3n) is 5.73. The number of nitrogens with one attached hydrogen (secondary N) is 1. The molecule has 4 nitrogen and oxygen atoms in total. The maximum atomic E-state index is 13.1. The summed E-state index contributed by atoms with van der Waals surface area (Å²) < 4.78 is 0. The lowest BCUT2D eigenvalue weighted by Crippen LogP contribution is -2.47. The quantitative estimate of drug-likeness (QED) is 0.728. The van der Waals surface area contributed by atoms with E-state index in [2.05, 4.69) is 36.5 Å². The highest BCUT2D eigenvalue weighted by molar-refractivity contribution is 5.84. The van der Waals surface area contributed by atoms with Crippen molar-refractivity contribution < 1.29 is 9.59 Å². The van der Waals surface area contributed by atoms with Gasteiger partial charge in [0.1, 0.15) is 0 Å². The second-order valence-corrected chi connectivity index (χ2v) is 7.90. The highest BCUT2D eigenvalue weighted by Crippen LogP contribution is 2.25. The predicted molar refractivity (Wildman–Crippen MR) is 117 cm³/mol. The topological polar surface area (TPSA) is 49.4 Å². The van der Waals surface area contributed by atoms with Gasteiger partial charge in [0, 0.05) is 25.6 Å². The molecule has 0 aromatic heterocycles. The lowest BCUT2D eigenvalue weighted by molar-refractivity contribution is -0.134. The molecule has 0 unspecified atom stereocenters. The number of hydrogen-bond acceptors (Lipinski definition) is 2. The Morgan fingerprint density at radius 2 is 1.62 bits per heavy atom. The van der Waals surface area contributed by atoms with Crippen molar-refractivity contribution in [3.63, 3.8) is 0 Å². The molecule has 1 atom stereocenters. The van der Waals surface area contributed by atoms with Gasteiger partial charge >= 0.3 is 0 Å². The van der Waals surface area contributed by atoms with E-state index in [1.165, 1.54) is 5.56 Å². The van der Waals surface area contributed by atoms with Crippen molar-refractivity contribution in [1.82, 2.24) is 10.2 Å². The van der Waals surface area contributed by atoms with Gasteiger partial charge in [0.2, 0.25) is 11.8 Å². The number of carbonyl (C=O) groups excluding carboxylic acids is 2. The molecule has 3 rings (SSSR count). The predicted octanol–water partition coefficient (Wildman–Crippen LogP) is 4.31. The summed E-state index contributed by atoms with van der Waals surface area (Å²) in [5.74, 6) is 0.275. The fourth-order valence-corrected chi connectivity index (χ4v) is 4.07. The molecule has 4 heteroatoms. The van der Waals surface area contributed by atoms with E-state index in [4.69, 9.17) is 0 Å². The molecule has 1 aliphatic heterocycles. The van der Waals surface area contributed by atoms with Crippen LogP contribution in [0.25, 0.3) is 0 Å². The SMILES string of the molecule is CCC[C@H](C(=O)N1CCC(NC(=O)CCc2ccccc2)CC1)c1ccccc1. The fourth-order valence-electron chi connectivity index (χ4n) is 4.07. The normalized spacial score (nSPS) is 15.7. The summed E-state index contributed by atoms with van der Waals surface area (Å²) in [4.78, 5) is 27.4. The summed E-state index contributed by atoms with van der Waals surface area (Å²) in [6, 6.07) is 20.4. The van der Waals surface area contributed by atoms with Crippen molar-refractivity contribution in [2.75, 3.05) is 13.1 Å². The van der Waals surface area contributed by atoms with Crippen molar-refractivity contribution in [3.8, 4) is 0 Å². The molecule has 1 saturated heterocycles. The molecule has 1 fully saturated rings. The number of nitrogens with zero attached hydrogens (tertiary/aromatic N) is 1. The van der Waals surface area contributed by atoms with Gasteiger partial charge in [-0.25, -0.2) is 0 Å². The lowest BCUT2D eigenvalue weighted by atomic mass is 9.92. The number of carbonyl (C=O) groups is 2. The summed E-state index contributed by atoms with van der Waals surface area (Å²) in [5.41, 5.74) is 2.29. The molecule has 0 bridgehead atoms. The number of piperidine rings is 1. The Labute approximate surface area is 174 Å². The van der Waals surface area contributed by atoms with E-state index < -0.39 is 0 Å². The summed E-state index contributed by atoms with van der Waals surface area (Å²) in [5, 5.41) is 3.16. The zero-order valence-electron chi connectivity index (χ0n) is 17.3. The second kappa shape index (κ2) is 10.8. The first kappa shape index (κ1) is 21.1. The van der Waals surface area contributed by atoms with E-state index in [1.807, 2.05) is 41.3 Å². The highest BCUT2D eigenvalue weighted by Gasteiger charge is 2.29. The van der Waals surface area contributed by atoms with Gasteiger partial charge < -0.3 is 10.2 Å². The third-order valence-corrected chi connectivity index (χ3v) is 5.73. The van der Waals surface area contributed by atoms with Crippen LogP contribution in [0.2, 0.25) is 0 Å². The molecule has 2 amide bonds. The van der Waals surface area contributed by atoms with E-state index in [0.29, 0.717) is 6.42 Å². The van der Waals surface area contributed by atoms with Gasteiger partial charge in [-0.1, -0.05) is 74.0 Å². The smallest absolute Gasteiger partial charge is 0.230 e. The summed E-state index contributed by atoms with van der Waals surface area (Å²) >= 11 is 0. The van der Waals surface area contributed by atoms with Crippen molar-refractivity contribution in [2.24, 2.45) is 0 Å². The van der Waals surface area contributed by atoms with E-state index in [9.17, 15) is 9.59 Å². The average Bonchev–Trinajstić information content (AvgIpc) is 2.77. The maximum Gasteiger partial charge on any atom is 0.230 e. The average molecular weight is 393 g/mol. The van der Waals surface area contributed by atoms with Gasteiger partial charge in [-0.05, 0) is 36.8 Å². The molecule has 2 aromatic rings. The van der Waals surface area contributed by atoms with Gasteiger partial charge in [0.15, 0.2) is 0 Å². The number of benzene rings is 2. The van der Waals surface area contributed by atoms with Crippen molar-refractivity contribution in [1.29, 1.82) is 0 Å². The molecule has 0 spiro atoms. The first-order chi connectivity index (χ1) is 14.2. The van der Waals surface area contributed by atoms with Crippen LogP contribution in [0.3, 0.4) is 0 Å². The van der Waals surface area contributed by atoms with Gasteiger partial charge in [-0.15, -0.1) is 0 Å². The minimum Gasteiger partial charge on any atom is -0.353 e. The summed E-state index contributed by atoms with van der Waals surface area (Å²) in [6.45, 7) is 3.56. The molecule has 1 aliphatic rings. The van der Waals surface area contributed by atoms with Gasteiger partial charge in [-0.2, -0.15) is 0 Å². The van der Waals surface area contributed by atoms with Crippen LogP contribution in [-0.4, -0.2) is 35.8 Å². The largest absolute Gasteiger partial charge is 0.353 e. The Hall–Kier alpha value is -2.62. The van der Waals surface area contributed by atoms with Crippen molar-refractivity contribution >= 4 is 11.8 Å². The summed E-state index contributed by atoms with van der Waals surface area (Å²) in [7, 11) is 0. The Kier molecular flexibility index (Phi) is 7.85. The number of aryl methyl sites for hydroxylation is 1. The molecular weight excluding hydrogens is 360 g/mol. The maximum absolute atomic E-state index is 13.1. The van der Waals surface area contributed by atoms with E-state index >= 15 is 0 Å². The van der Waals surface area contributed by atoms with Crippen LogP contribution in [0.4, 0.5) is 0 Å². The Morgan fingerprint density at radius 1 is 1.00 bits per heavy atom. The molecule has 0 aliphatic carbocycles. The zero-order valence-corrected chi connectivity index (χ0v) is 17.3. The minimum absolute atomic E-state index is 0.0572. The fraction of sp³-hybridized carbons (Fsp3) is 0.440.